The Hall–Kier alpha value is -3.80. The van der Waals surface area contributed by atoms with Crippen molar-refractivity contribution in [1.82, 2.24) is 9.80 Å². The smallest absolute Gasteiger partial charge is 0.261 e. The van der Waals surface area contributed by atoms with Crippen molar-refractivity contribution in [3.8, 4) is 0 Å². The zero-order valence-electron chi connectivity index (χ0n) is 17.3. The Morgan fingerprint density at radius 1 is 0.875 bits per heavy atom. The number of hydrogen-bond donors (Lipinski definition) is 0. The summed E-state index contributed by atoms with van der Waals surface area (Å²) in [5, 5.41) is 0. The average Bonchev–Trinajstić information content (AvgIpc) is 3.40. The molecule has 1 saturated heterocycles. The SMILES string of the molecule is O=C1c2ccccc2C(=O)N1Cc1ccc(C(=O)N2CCCC2c2ccc(F)cc2)cc1. The Labute approximate surface area is 185 Å². The molecular weight excluding hydrogens is 407 g/mol. The maximum absolute atomic E-state index is 13.3. The van der Waals surface area contributed by atoms with Gasteiger partial charge in [0.15, 0.2) is 0 Å². The van der Waals surface area contributed by atoms with Crippen LogP contribution in [0.25, 0.3) is 0 Å². The second kappa shape index (κ2) is 8.04. The molecule has 2 heterocycles. The maximum atomic E-state index is 13.3. The topological polar surface area (TPSA) is 57.7 Å². The molecule has 1 fully saturated rings. The molecule has 2 aliphatic heterocycles. The zero-order valence-corrected chi connectivity index (χ0v) is 17.3. The first-order valence-electron chi connectivity index (χ1n) is 10.6. The minimum absolute atomic E-state index is 0.0684. The molecule has 1 unspecified atom stereocenters. The number of carbonyl (C=O) groups is 3. The molecular formula is C26H21FN2O3. The van der Waals surface area contributed by atoms with Gasteiger partial charge in [-0.05, 0) is 60.4 Å². The molecule has 0 N–H and O–H groups in total. The summed E-state index contributed by atoms with van der Waals surface area (Å²) in [4.78, 5) is 41.3. The van der Waals surface area contributed by atoms with Crippen LogP contribution in [0.1, 0.15) is 61.1 Å². The number of carbonyl (C=O) groups excluding carboxylic acids is 3. The van der Waals surface area contributed by atoms with E-state index < -0.39 is 0 Å². The molecule has 0 bridgehead atoms. The Morgan fingerprint density at radius 3 is 2.12 bits per heavy atom. The Bertz CT molecular complexity index is 1170. The molecule has 32 heavy (non-hydrogen) atoms. The third-order valence-electron chi connectivity index (χ3n) is 6.19. The van der Waals surface area contributed by atoms with Crippen molar-refractivity contribution < 1.29 is 18.8 Å². The first-order valence-corrected chi connectivity index (χ1v) is 10.6. The molecule has 3 amide bonds. The van der Waals surface area contributed by atoms with Crippen LogP contribution in [0.3, 0.4) is 0 Å². The van der Waals surface area contributed by atoms with Crippen LogP contribution in [-0.4, -0.2) is 34.1 Å². The van der Waals surface area contributed by atoms with Gasteiger partial charge in [0.2, 0.25) is 0 Å². The molecule has 0 saturated carbocycles. The fourth-order valence-corrected chi connectivity index (χ4v) is 4.53. The maximum Gasteiger partial charge on any atom is 0.261 e. The zero-order chi connectivity index (χ0) is 22.2. The molecule has 2 aliphatic rings. The summed E-state index contributed by atoms with van der Waals surface area (Å²) in [6.07, 6.45) is 1.74. The molecule has 160 valence electrons. The molecule has 0 spiro atoms. The molecule has 5 nitrogen and oxygen atoms in total. The number of rotatable bonds is 4. The molecule has 3 aromatic rings. The number of fused-ring (bicyclic) bond motifs is 1. The van der Waals surface area contributed by atoms with E-state index in [4.69, 9.17) is 0 Å². The van der Waals surface area contributed by atoms with Crippen molar-refractivity contribution in [2.75, 3.05) is 6.54 Å². The monoisotopic (exact) mass is 428 g/mol. The van der Waals surface area contributed by atoms with Crippen LogP contribution in [0, 0.1) is 5.82 Å². The van der Waals surface area contributed by atoms with E-state index in [1.54, 1.807) is 60.7 Å². The van der Waals surface area contributed by atoms with Crippen molar-refractivity contribution in [3.63, 3.8) is 0 Å². The van der Waals surface area contributed by atoms with Gasteiger partial charge in [-0.1, -0.05) is 36.4 Å². The summed E-state index contributed by atoms with van der Waals surface area (Å²) < 4.78 is 13.3. The lowest BCUT2D eigenvalue weighted by Gasteiger charge is -2.25. The number of amides is 3. The van der Waals surface area contributed by atoms with E-state index in [-0.39, 0.29) is 36.1 Å². The van der Waals surface area contributed by atoms with Gasteiger partial charge in [-0.2, -0.15) is 0 Å². The van der Waals surface area contributed by atoms with Crippen molar-refractivity contribution in [1.29, 1.82) is 0 Å². The third kappa shape index (κ3) is 3.47. The van der Waals surface area contributed by atoms with Crippen molar-refractivity contribution in [3.05, 3.63) is 106 Å². The lowest BCUT2D eigenvalue weighted by Crippen LogP contribution is -2.31. The van der Waals surface area contributed by atoms with E-state index in [9.17, 15) is 18.8 Å². The van der Waals surface area contributed by atoms with Crippen molar-refractivity contribution >= 4 is 17.7 Å². The first-order chi connectivity index (χ1) is 15.5. The molecule has 6 heteroatoms. The van der Waals surface area contributed by atoms with Gasteiger partial charge >= 0.3 is 0 Å². The van der Waals surface area contributed by atoms with Crippen LogP contribution in [0.15, 0.2) is 72.8 Å². The lowest BCUT2D eigenvalue weighted by molar-refractivity contribution is 0.0640. The fraction of sp³-hybridized carbons (Fsp3) is 0.192. The average molecular weight is 428 g/mol. The molecule has 3 aromatic carbocycles. The minimum Gasteiger partial charge on any atom is -0.332 e. The highest BCUT2D eigenvalue weighted by Gasteiger charge is 2.35. The highest BCUT2D eigenvalue weighted by Crippen LogP contribution is 2.33. The first kappa shape index (κ1) is 20.1. The quantitative estimate of drug-likeness (QED) is 0.571. The minimum atomic E-state index is -0.301. The number of imide groups is 1. The van der Waals surface area contributed by atoms with Gasteiger partial charge in [-0.25, -0.2) is 4.39 Å². The summed E-state index contributed by atoms with van der Waals surface area (Å²) in [6, 6.07) is 20.1. The Kier molecular flexibility index (Phi) is 5.05. The molecule has 0 aliphatic carbocycles. The van der Waals surface area contributed by atoms with Crippen LogP contribution in [0.5, 0.6) is 0 Å². The second-order valence-electron chi connectivity index (χ2n) is 8.15. The van der Waals surface area contributed by atoms with Gasteiger partial charge in [0, 0.05) is 12.1 Å². The summed E-state index contributed by atoms with van der Waals surface area (Å²) in [7, 11) is 0. The number of nitrogens with zero attached hydrogens (tertiary/aromatic N) is 2. The van der Waals surface area contributed by atoms with Crippen LogP contribution >= 0.6 is 0 Å². The second-order valence-corrected chi connectivity index (χ2v) is 8.15. The highest BCUT2D eigenvalue weighted by molar-refractivity contribution is 6.21. The van der Waals surface area contributed by atoms with Crippen molar-refractivity contribution in [2.45, 2.75) is 25.4 Å². The van der Waals surface area contributed by atoms with E-state index in [1.165, 1.54) is 17.0 Å². The summed E-state index contributed by atoms with van der Waals surface area (Å²) in [5.74, 6) is -0.975. The van der Waals surface area contributed by atoms with Crippen LogP contribution in [0.2, 0.25) is 0 Å². The normalized spacial score (nSPS) is 17.7. The van der Waals surface area contributed by atoms with Gasteiger partial charge in [0.1, 0.15) is 5.82 Å². The van der Waals surface area contributed by atoms with E-state index in [0.717, 1.165) is 24.0 Å². The van der Waals surface area contributed by atoms with Gasteiger partial charge in [-0.15, -0.1) is 0 Å². The predicted octanol–water partition coefficient (Wildman–Crippen LogP) is 4.60. The van der Waals surface area contributed by atoms with Crippen LogP contribution in [0.4, 0.5) is 4.39 Å². The Balaban J connectivity index is 1.31. The fourth-order valence-electron chi connectivity index (χ4n) is 4.53. The summed E-state index contributed by atoms with van der Waals surface area (Å²) >= 11 is 0. The number of hydrogen-bond acceptors (Lipinski definition) is 3. The standard InChI is InChI=1S/C26H21FN2O3/c27-20-13-11-18(12-14-20)23-6-3-15-28(23)24(30)19-9-7-17(8-10-19)16-29-25(31)21-4-1-2-5-22(21)26(29)32/h1-2,4-5,7-14,23H,3,6,15-16H2. The van der Waals surface area contributed by atoms with Crippen LogP contribution < -0.4 is 0 Å². The van der Waals surface area contributed by atoms with Gasteiger partial charge in [0.25, 0.3) is 17.7 Å². The lowest BCUT2D eigenvalue weighted by atomic mass is 10.0. The predicted molar refractivity (Wildman–Crippen MR) is 116 cm³/mol. The van der Waals surface area contributed by atoms with E-state index >= 15 is 0 Å². The largest absolute Gasteiger partial charge is 0.332 e. The van der Waals surface area contributed by atoms with Gasteiger partial charge < -0.3 is 4.90 Å². The molecule has 1 atom stereocenters. The summed E-state index contributed by atoms with van der Waals surface area (Å²) in [5.41, 5.74) is 3.09. The highest BCUT2D eigenvalue weighted by atomic mass is 19.1. The molecule has 5 rings (SSSR count). The number of halogens is 1. The van der Waals surface area contributed by atoms with E-state index in [0.29, 0.717) is 23.2 Å². The van der Waals surface area contributed by atoms with Gasteiger partial charge in [0.05, 0.1) is 23.7 Å². The summed E-state index contributed by atoms with van der Waals surface area (Å²) in [6.45, 7) is 0.806. The number of benzene rings is 3. The molecule has 0 radical (unpaired) electrons. The van der Waals surface area contributed by atoms with E-state index in [2.05, 4.69) is 0 Å². The molecule has 0 aromatic heterocycles. The van der Waals surface area contributed by atoms with Gasteiger partial charge in [-0.3, -0.25) is 19.3 Å². The van der Waals surface area contributed by atoms with Crippen LogP contribution in [-0.2, 0) is 6.54 Å². The third-order valence-corrected chi connectivity index (χ3v) is 6.19. The van der Waals surface area contributed by atoms with E-state index in [1.807, 2.05) is 4.90 Å². The number of likely N-dealkylation sites (tertiary alicyclic amines) is 1. The Morgan fingerprint density at radius 2 is 1.50 bits per heavy atom. The van der Waals surface area contributed by atoms with Crippen molar-refractivity contribution in [2.24, 2.45) is 0 Å².